The minimum Gasteiger partial charge on any atom is -0.378 e. The second kappa shape index (κ2) is 8.94. The Labute approximate surface area is 177 Å². The van der Waals surface area contributed by atoms with Gasteiger partial charge in [-0.15, -0.1) is 11.3 Å². The van der Waals surface area contributed by atoms with Gasteiger partial charge < -0.3 is 15.0 Å². The van der Waals surface area contributed by atoms with Crippen LogP contribution in [0, 0.1) is 0 Å². The summed E-state index contributed by atoms with van der Waals surface area (Å²) in [7, 11) is 0. The van der Waals surface area contributed by atoms with Crippen molar-refractivity contribution in [1.29, 1.82) is 0 Å². The number of benzene rings is 2. The van der Waals surface area contributed by atoms with Crippen molar-refractivity contribution in [3.8, 4) is 0 Å². The van der Waals surface area contributed by atoms with E-state index in [0.29, 0.717) is 43.1 Å². The first-order valence-corrected chi connectivity index (χ1v) is 11.3. The molecule has 4 rings (SSSR count). The molecule has 0 unspecified atom stereocenters. The third-order valence-electron chi connectivity index (χ3n) is 4.59. The molecule has 1 aromatic heterocycles. The molecule has 6 nitrogen and oxygen atoms in total. The summed E-state index contributed by atoms with van der Waals surface area (Å²) in [4.78, 5) is 32.1. The number of hydrogen-bond acceptors (Lipinski definition) is 6. The first-order valence-electron chi connectivity index (χ1n) is 9.46. The van der Waals surface area contributed by atoms with Crippen LogP contribution in [0.1, 0.15) is 27.6 Å². The summed E-state index contributed by atoms with van der Waals surface area (Å²) in [5.74, 6) is 0.532. The van der Waals surface area contributed by atoms with Crippen LogP contribution in [-0.2, 0) is 4.74 Å². The number of nitrogens with zero attached hydrogens (tertiary/aromatic N) is 2. The number of morpholine rings is 1. The predicted molar refractivity (Wildman–Crippen MR) is 117 cm³/mol. The molecule has 0 saturated carbocycles. The van der Waals surface area contributed by atoms with Gasteiger partial charge >= 0.3 is 0 Å². The van der Waals surface area contributed by atoms with Crippen molar-refractivity contribution in [3.63, 3.8) is 0 Å². The number of nitrogens with one attached hydrogen (secondary N) is 1. The molecule has 0 aliphatic carbocycles. The van der Waals surface area contributed by atoms with Gasteiger partial charge in [0.25, 0.3) is 11.8 Å². The van der Waals surface area contributed by atoms with E-state index in [2.05, 4.69) is 17.2 Å². The Morgan fingerprint density at radius 1 is 1.17 bits per heavy atom. The molecule has 0 radical (unpaired) electrons. The summed E-state index contributed by atoms with van der Waals surface area (Å²) in [5, 5.41) is 2.93. The van der Waals surface area contributed by atoms with Crippen LogP contribution in [0.5, 0.6) is 0 Å². The first-order chi connectivity index (χ1) is 14.2. The van der Waals surface area contributed by atoms with Crippen molar-refractivity contribution in [1.82, 2.24) is 9.88 Å². The molecule has 0 atom stereocenters. The number of aromatic nitrogens is 1. The SMILES string of the molecule is CCSc1nc2ccc(NC(=O)c3ccccc3C(=O)N3CCOCC3)cc2s1. The highest BCUT2D eigenvalue weighted by Crippen LogP contribution is 2.31. The molecule has 1 saturated heterocycles. The van der Waals surface area contributed by atoms with Gasteiger partial charge in [-0.05, 0) is 36.1 Å². The van der Waals surface area contributed by atoms with E-state index in [9.17, 15) is 9.59 Å². The van der Waals surface area contributed by atoms with Crippen LogP contribution in [0.15, 0.2) is 46.8 Å². The van der Waals surface area contributed by atoms with Crippen LogP contribution in [0.2, 0.25) is 0 Å². The maximum atomic E-state index is 12.9. The molecule has 2 amide bonds. The lowest BCUT2D eigenvalue weighted by molar-refractivity contribution is 0.0302. The molecular weight excluding hydrogens is 406 g/mol. The Morgan fingerprint density at radius 2 is 1.93 bits per heavy atom. The number of fused-ring (bicyclic) bond motifs is 1. The predicted octanol–water partition coefficient (Wildman–Crippen LogP) is 4.13. The van der Waals surface area contributed by atoms with Gasteiger partial charge in [0.2, 0.25) is 0 Å². The Balaban J connectivity index is 1.55. The van der Waals surface area contributed by atoms with Crippen LogP contribution in [0.3, 0.4) is 0 Å². The smallest absolute Gasteiger partial charge is 0.256 e. The van der Waals surface area contributed by atoms with Crippen molar-refractivity contribution in [2.45, 2.75) is 11.3 Å². The van der Waals surface area contributed by atoms with Crippen LogP contribution in [-0.4, -0.2) is 53.8 Å². The van der Waals surface area contributed by atoms with E-state index < -0.39 is 0 Å². The summed E-state index contributed by atoms with van der Waals surface area (Å²) in [6, 6.07) is 12.6. The number of hydrogen-bond donors (Lipinski definition) is 1. The Hall–Kier alpha value is -2.42. The molecule has 3 aromatic rings. The summed E-state index contributed by atoms with van der Waals surface area (Å²) in [6.07, 6.45) is 0. The number of amides is 2. The lowest BCUT2D eigenvalue weighted by Crippen LogP contribution is -2.41. The van der Waals surface area contributed by atoms with Gasteiger partial charge in [-0.3, -0.25) is 9.59 Å². The fourth-order valence-corrected chi connectivity index (χ4v) is 5.17. The number of carbonyl (C=O) groups is 2. The number of thiazole rings is 1. The molecule has 150 valence electrons. The highest BCUT2D eigenvalue weighted by molar-refractivity contribution is 8.01. The lowest BCUT2D eigenvalue weighted by Gasteiger charge is -2.27. The number of anilines is 1. The minimum absolute atomic E-state index is 0.141. The average molecular weight is 428 g/mol. The average Bonchev–Trinajstić information content (AvgIpc) is 3.16. The monoisotopic (exact) mass is 427 g/mol. The molecular formula is C21H21N3O3S2. The van der Waals surface area contributed by atoms with Gasteiger partial charge in [0.15, 0.2) is 4.34 Å². The molecule has 2 heterocycles. The van der Waals surface area contributed by atoms with Crippen molar-refractivity contribution >= 4 is 50.8 Å². The van der Waals surface area contributed by atoms with E-state index in [4.69, 9.17) is 4.74 Å². The quantitative estimate of drug-likeness (QED) is 0.620. The van der Waals surface area contributed by atoms with E-state index in [1.54, 1.807) is 52.3 Å². The molecule has 29 heavy (non-hydrogen) atoms. The first kappa shape index (κ1) is 19.9. The van der Waals surface area contributed by atoms with Crippen molar-refractivity contribution in [2.75, 3.05) is 37.4 Å². The number of ether oxygens (including phenoxy) is 1. The fraction of sp³-hybridized carbons (Fsp3) is 0.286. The number of thioether (sulfide) groups is 1. The van der Waals surface area contributed by atoms with E-state index in [0.717, 1.165) is 20.3 Å². The zero-order valence-electron chi connectivity index (χ0n) is 16.0. The molecule has 2 aromatic carbocycles. The fourth-order valence-electron chi connectivity index (χ4n) is 3.17. The zero-order chi connectivity index (χ0) is 20.2. The largest absolute Gasteiger partial charge is 0.378 e. The van der Waals surface area contributed by atoms with Crippen molar-refractivity contribution in [3.05, 3.63) is 53.6 Å². The van der Waals surface area contributed by atoms with Crippen LogP contribution in [0.4, 0.5) is 5.69 Å². The minimum atomic E-state index is -0.297. The van der Waals surface area contributed by atoms with E-state index in [-0.39, 0.29) is 11.8 Å². The third-order valence-corrected chi connectivity index (χ3v) is 6.64. The molecule has 1 N–H and O–H groups in total. The van der Waals surface area contributed by atoms with Gasteiger partial charge in [0.05, 0.1) is 34.6 Å². The molecule has 0 bridgehead atoms. The van der Waals surface area contributed by atoms with E-state index in [1.165, 1.54) is 0 Å². The highest BCUT2D eigenvalue weighted by atomic mass is 32.2. The second-order valence-electron chi connectivity index (χ2n) is 6.50. The molecule has 1 aliphatic rings. The van der Waals surface area contributed by atoms with E-state index >= 15 is 0 Å². The molecule has 1 fully saturated rings. The van der Waals surface area contributed by atoms with Gasteiger partial charge in [-0.25, -0.2) is 4.98 Å². The highest BCUT2D eigenvalue weighted by Gasteiger charge is 2.23. The van der Waals surface area contributed by atoms with Crippen LogP contribution >= 0.6 is 23.1 Å². The summed E-state index contributed by atoms with van der Waals surface area (Å²) in [6.45, 7) is 4.21. The summed E-state index contributed by atoms with van der Waals surface area (Å²) < 4.78 is 7.36. The molecule has 0 spiro atoms. The second-order valence-corrected chi connectivity index (χ2v) is 9.04. The van der Waals surface area contributed by atoms with Crippen molar-refractivity contribution < 1.29 is 14.3 Å². The van der Waals surface area contributed by atoms with Crippen LogP contribution < -0.4 is 5.32 Å². The lowest BCUT2D eigenvalue weighted by atomic mass is 10.0. The van der Waals surface area contributed by atoms with Gasteiger partial charge in [-0.2, -0.15) is 0 Å². The maximum absolute atomic E-state index is 12.9. The Morgan fingerprint density at radius 3 is 2.69 bits per heavy atom. The Kier molecular flexibility index (Phi) is 6.13. The van der Waals surface area contributed by atoms with Gasteiger partial charge in [0.1, 0.15) is 0 Å². The Bertz CT molecular complexity index is 1040. The topological polar surface area (TPSA) is 71.5 Å². The molecule has 8 heteroatoms. The normalized spacial score (nSPS) is 14.2. The third kappa shape index (κ3) is 4.44. The number of rotatable bonds is 5. The molecule has 1 aliphatic heterocycles. The maximum Gasteiger partial charge on any atom is 0.256 e. The standard InChI is InChI=1S/C21H21N3O3S2/c1-2-28-21-23-17-8-7-14(13-18(17)29-21)22-19(25)15-5-3-4-6-16(15)20(26)24-9-11-27-12-10-24/h3-8,13H,2,9-12H2,1H3,(H,22,25). The van der Waals surface area contributed by atoms with Crippen molar-refractivity contribution in [2.24, 2.45) is 0 Å². The van der Waals surface area contributed by atoms with Gasteiger partial charge in [-0.1, -0.05) is 30.8 Å². The van der Waals surface area contributed by atoms with Gasteiger partial charge in [0, 0.05) is 18.8 Å². The van der Waals surface area contributed by atoms with E-state index in [1.807, 2.05) is 18.2 Å². The van der Waals surface area contributed by atoms with Crippen LogP contribution in [0.25, 0.3) is 10.2 Å². The number of carbonyl (C=O) groups excluding carboxylic acids is 2. The zero-order valence-corrected chi connectivity index (χ0v) is 17.6. The summed E-state index contributed by atoms with van der Waals surface area (Å²) >= 11 is 3.32. The summed E-state index contributed by atoms with van der Waals surface area (Å²) in [5.41, 5.74) is 2.39.